The van der Waals surface area contributed by atoms with Gasteiger partial charge in [0.15, 0.2) is 6.61 Å². The molecule has 0 bridgehead atoms. The van der Waals surface area contributed by atoms with Gasteiger partial charge in [-0.1, -0.05) is 61.5 Å². The van der Waals surface area contributed by atoms with Crippen molar-refractivity contribution in [1.29, 1.82) is 0 Å². The summed E-state index contributed by atoms with van der Waals surface area (Å²) in [7, 11) is 0. The summed E-state index contributed by atoms with van der Waals surface area (Å²) in [6, 6.07) is 20.3. The highest BCUT2D eigenvalue weighted by molar-refractivity contribution is 5.68. The number of carbonyl (C=O) groups is 1. The number of hydrogen-bond donors (Lipinski definition) is 1. The lowest BCUT2D eigenvalue weighted by molar-refractivity contribution is -0.139. The molecule has 0 aliphatic heterocycles. The van der Waals surface area contributed by atoms with Crippen molar-refractivity contribution in [2.24, 2.45) is 5.92 Å². The molecule has 1 heterocycles. The van der Waals surface area contributed by atoms with Gasteiger partial charge in [-0.3, -0.25) is 4.98 Å². The van der Waals surface area contributed by atoms with Crippen LogP contribution in [0.3, 0.4) is 0 Å². The molecule has 0 radical (unpaired) electrons. The van der Waals surface area contributed by atoms with Crippen LogP contribution in [0.25, 0.3) is 0 Å². The van der Waals surface area contributed by atoms with Gasteiger partial charge < -0.3 is 14.6 Å². The number of rotatable bonds is 11. The van der Waals surface area contributed by atoms with Crippen LogP contribution in [0.2, 0.25) is 0 Å². The summed E-state index contributed by atoms with van der Waals surface area (Å²) in [4.78, 5) is 15.0. The fourth-order valence-electron chi connectivity index (χ4n) is 4.69. The van der Waals surface area contributed by atoms with E-state index in [1.165, 1.54) is 5.56 Å². The van der Waals surface area contributed by atoms with Gasteiger partial charge >= 0.3 is 5.97 Å². The van der Waals surface area contributed by atoms with Crippen LogP contribution in [0, 0.1) is 5.92 Å². The number of carboxylic acids is 1. The van der Waals surface area contributed by atoms with Gasteiger partial charge in [-0.2, -0.15) is 0 Å². The fraction of sp³-hybridized carbons (Fsp3) is 0.333. The van der Waals surface area contributed by atoms with Gasteiger partial charge in [-0.15, -0.1) is 0 Å². The lowest BCUT2D eigenvalue weighted by Crippen LogP contribution is -2.17. The summed E-state index contributed by atoms with van der Waals surface area (Å²) in [6.07, 6.45) is 12.9. The molecule has 1 aromatic heterocycles. The van der Waals surface area contributed by atoms with Crippen LogP contribution in [0.15, 0.2) is 85.2 Å². The molecule has 182 valence electrons. The Bertz CT molecular complexity index is 1070. The van der Waals surface area contributed by atoms with Crippen LogP contribution < -0.4 is 4.74 Å². The number of allylic oxidation sites excluding steroid dienone is 1. The number of ether oxygens (including phenoxy) is 2. The molecule has 5 heteroatoms. The number of nitrogens with zero attached hydrogens (tertiary/aromatic N) is 1. The first-order chi connectivity index (χ1) is 17.1. The Kier molecular flexibility index (Phi) is 8.68. The Balaban J connectivity index is 1.38. The number of carboxylic acid groups (broad SMARTS) is 1. The lowest BCUT2D eigenvalue weighted by Gasteiger charge is -2.25. The van der Waals surface area contributed by atoms with E-state index in [1.807, 2.05) is 54.9 Å². The number of aromatic nitrogens is 1. The van der Waals surface area contributed by atoms with Gasteiger partial charge in [0.1, 0.15) is 11.9 Å². The lowest BCUT2D eigenvalue weighted by atomic mass is 9.83. The molecule has 3 unspecified atom stereocenters. The van der Waals surface area contributed by atoms with Gasteiger partial charge in [-0.25, -0.2) is 4.79 Å². The van der Waals surface area contributed by atoms with Crippen molar-refractivity contribution in [2.75, 3.05) is 6.61 Å². The maximum absolute atomic E-state index is 10.9. The Morgan fingerprint density at radius 3 is 2.60 bits per heavy atom. The standard InChI is InChI=1S/C30H33NO4/c1-2-26(35-30(23-9-4-3-5-10-23)24-16-18-31-19-17-24)12-6-8-22-14-15-27-25(20-22)11-7-13-28(27)34-21-29(32)33/h3-11,13,16-19,22,26,30H,2,12,14-15,20-21H2,1H3,(H,32,33)/b8-6+. The summed E-state index contributed by atoms with van der Waals surface area (Å²) in [5.41, 5.74) is 4.65. The number of benzene rings is 2. The molecule has 5 nitrogen and oxygen atoms in total. The van der Waals surface area contributed by atoms with E-state index in [0.717, 1.165) is 48.8 Å². The molecule has 0 saturated heterocycles. The van der Waals surface area contributed by atoms with Crippen molar-refractivity contribution >= 4 is 5.97 Å². The van der Waals surface area contributed by atoms with Crippen molar-refractivity contribution in [3.8, 4) is 5.75 Å². The third-order valence-electron chi connectivity index (χ3n) is 6.53. The molecule has 1 N–H and O–H groups in total. The quantitative estimate of drug-likeness (QED) is 0.338. The molecule has 0 saturated carbocycles. The van der Waals surface area contributed by atoms with Gasteiger partial charge in [0.05, 0.1) is 6.10 Å². The summed E-state index contributed by atoms with van der Waals surface area (Å²) >= 11 is 0. The molecule has 35 heavy (non-hydrogen) atoms. The Morgan fingerprint density at radius 2 is 1.86 bits per heavy atom. The van der Waals surface area contributed by atoms with E-state index in [4.69, 9.17) is 14.6 Å². The molecule has 0 spiro atoms. The summed E-state index contributed by atoms with van der Waals surface area (Å²) < 4.78 is 12.1. The van der Waals surface area contributed by atoms with Crippen molar-refractivity contribution in [1.82, 2.24) is 4.98 Å². The highest BCUT2D eigenvalue weighted by Crippen LogP contribution is 2.33. The van der Waals surface area contributed by atoms with Crippen molar-refractivity contribution in [2.45, 2.75) is 51.2 Å². The minimum absolute atomic E-state index is 0.108. The van der Waals surface area contributed by atoms with Gasteiger partial charge in [0.25, 0.3) is 0 Å². The molecule has 0 fully saturated rings. The van der Waals surface area contributed by atoms with Crippen LogP contribution >= 0.6 is 0 Å². The Labute approximate surface area is 207 Å². The number of fused-ring (bicyclic) bond motifs is 1. The zero-order valence-electron chi connectivity index (χ0n) is 20.2. The zero-order valence-corrected chi connectivity index (χ0v) is 20.2. The second kappa shape index (κ2) is 12.3. The largest absolute Gasteiger partial charge is 0.482 e. The van der Waals surface area contributed by atoms with Crippen molar-refractivity contribution in [3.05, 3.63) is 107 Å². The highest BCUT2D eigenvalue weighted by Gasteiger charge is 2.21. The molecule has 2 aromatic carbocycles. The van der Waals surface area contributed by atoms with Crippen LogP contribution in [-0.2, 0) is 22.4 Å². The first-order valence-corrected chi connectivity index (χ1v) is 12.4. The number of hydrogen-bond acceptors (Lipinski definition) is 4. The molecule has 4 rings (SSSR count). The predicted octanol–water partition coefficient (Wildman–Crippen LogP) is 6.18. The third kappa shape index (κ3) is 6.80. The molecular weight excluding hydrogens is 438 g/mol. The summed E-state index contributed by atoms with van der Waals surface area (Å²) in [5, 5.41) is 8.92. The smallest absolute Gasteiger partial charge is 0.341 e. The summed E-state index contributed by atoms with van der Waals surface area (Å²) in [6.45, 7) is 1.87. The SMILES string of the molecule is CCC(C/C=C/C1CCc2c(cccc2OCC(=O)O)C1)OC(c1ccccc1)c1ccncc1. The molecule has 1 aliphatic carbocycles. The summed E-state index contributed by atoms with van der Waals surface area (Å²) in [5.74, 6) is 0.208. The monoisotopic (exact) mass is 471 g/mol. The second-order valence-electron chi connectivity index (χ2n) is 8.98. The van der Waals surface area contributed by atoms with E-state index >= 15 is 0 Å². The van der Waals surface area contributed by atoms with E-state index in [-0.39, 0.29) is 18.8 Å². The van der Waals surface area contributed by atoms with Crippen LogP contribution in [0.5, 0.6) is 5.75 Å². The van der Waals surface area contributed by atoms with Crippen LogP contribution in [0.4, 0.5) is 0 Å². The van der Waals surface area contributed by atoms with Crippen molar-refractivity contribution in [3.63, 3.8) is 0 Å². The molecule has 0 amide bonds. The zero-order chi connectivity index (χ0) is 24.5. The van der Waals surface area contributed by atoms with Gasteiger partial charge in [0, 0.05) is 12.4 Å². The average molecular weight is 472 g/mol. The van der Waals surface area contributed by atoms with Gasteiger partial charge in [-0.05, 0) is 78.5 Å². The third-order valence-corrected chi connectivity index (χ3v) is 6.53. The second-order valence-corrected chi connectivity index (χ2v) is 8.98. The molecular formula is C30H33NO4. The van der Waals surface area contributed by atoms with E-state index in [9.17, 15) is 4.79 Å². The number of aliphatic carboxylic acids is 1. The highest BCUT2D eigenvalue weighted by atomic mass is 16.5. The average Bonchev–Trinajstić information content (AvgIpc) is 2.90. The molecule has 1 aliphatic rings. The minimum atomic E-state index is -0.953. The first kappa shape index (κ1) is 24.7. The van der Waals surface area contributed by atoms with Gasteiger partial charge in [0.2, 0.25) is 0 Å². The van der Waals surface area contributed by atoms with E-state index in [2.05, 4.69) is 42.3 Å². The normalized spacial score (nSPS) is 17.0. The first-order valence-electron chi connectivity index (χ1n) is 12.4. The van der Waals surface area contributed by atoms with Crippen LogP contribution in [0.1, 0.15) is 54.5 Å². The van der Waals surface area contributed by atoms with Crippen molar-refractivity contribution < 1.29 is 19.4 Å². The minimum Gasteiger partial charge on any atom is -0.482 e. The van der Waals surface area contributed by atoms with E-state index in [1.54, 1.807) is 0 Å². The van der Waals surface area contributed by atoms with E-state index in [0.29, 0.717) is 11.7 Å². The maximum Gasteiger partial charge on any atom is 0.341 e. The number of pyridine rings is 1. The maximum atomic E-state index is 10.9. The molecule has 3 aromatic rings. The topological polar surface area (TPSA) is 68.7 Å². The van der Waals surface area contributed by atoms with E-state index < -0.39 is 5.97 Å². The predicted molar refractivity (Wildman–Crippen MR) is 137 cm³/mol. The Morgan fingerprint density at radius 1 is 1.09 bits per heavy atom. The fourth-order valence-corrected chi connectivity index (χ4v) is 4.69. The Hall–Kier alpha value is -3.44. The van der Waals surface area contributed by atoms with Crippen LogP contribution in [-0.4, -0.2) is 28.8 Å². The molecule has 3 atom stereocenters.